The van der Waals surface area contributed by atoms with Crippen LogP contribution < -0.4 is 10.6 Å². The van der Waals surface area contributed by atoms with E-state index in [0.717, 1.165) is 56.2 Å². The molecule has 0 bridgehead atoms. The summed E-state index contributed by atoms with van der Waals surface area (Å²) in [5.74, 6) is 0.978. The van der Waals surface area contributed by atoms with E-state index in [-0.39, 0.29) is 5.91 Å². The van der Waals surface area contributed by atoms with Crippen LogP contribution in [0.1, 0.15) is 45.1 Å². The first-order valence-corrected chi connectivity index (χ1v) is 9.62. The van der Waals surface area contributed by atoms with Crippen molar-refractivity contribution in [3.05, 3.63) is 29.8 Å². The predicted molar refractivity (Wildman–Crippen MR) is 106 cm³/mol. The largest absolute Gasteiger partial charge is 0.378 e. The van der Waals surface area contributed by atoms with Gasteiger partial charge < -0.3 is 20.3 Å². The maximum Gasteiger partial charge on any atom is 0.224 e. The highest BCUT2D eigenvalue weighted by molar-refractivity contribution is 5.90. The Labute approximate surface area is 157 Å². The number of ether oxygens (including phenoxy) is 1. The molecule has 0 atom stereocenters. The number of nitrogens with one attached hydrogen (secondary N) is 2. The lowest BCUT2D eigenvalue weighted by Crippen LogP contribution is -2.46. The van der Waals surface area contributed by atoms with Crippen LogP contribution in [-0.2, 0) is 16.1 Å². The van der Waals surface area contributed by atoms with Gasteiger partial charge in [-0.25, -0.2) is 0 Å². The summed E-state index contributed by atoms with van der Waals surface area (Å²) in [4.78, 5) is 18.4. The number of hydrogen-bond acceptors (Lipinski definition) is 3. The molecular weight excluding hydrogens is 328 g/mol. The van der Waals surface area contributed by atoms with Gasteiger partial charge in [0.2, 0.25) is 5.91 Å². The van der Waals surface area contributed by atoms with Gasteiger partial charge in [-0.15, -0.1) is 0 Å². The highest BCUT2D eigenvalue weighted by Gasteiger charge is 2.21. The molecule has 1 aromatic rings. The van der Waals surface area contributed by atoms with Crippen LogP contribution in [0.3, 0.4) is 0 Å². The first-order chi connectivity index (χ1) is 12.7. The molecule has 2 rings (SSSR count). The van der Waals surface area contributed by atoms with Gasteiger partial charge in [0.1, 0.15) is 0 Å². The Hall–Kier alpha value is -2.08. The SMILES string of the molecule is CCCC(=O)Nc1cccc(CNC(=NC)N2CCC(OCC)CC2)c1. The zero-order valence-electron chi connectivity index (χ0n) is 16.3. The van der Waals surface area contributed by atoms with Crippen molar-refractivity contribution in [2.45, 2.75) is 52.2 Å². The van der Waals surface area contributed by atoms with Gasteiger partial charge >= 0.3 is 0 Å². The molecule has 0 aromatic heterocycles. The molecule has 6 nitrogen and oxygen atoms in total. The van der Waals surface area contributed by atoms with Crippen LogP contribution in [0.15, 0.2) is 29.3 Å². The molecule has 1 heterocycles. The molecule has 144 valence electrons. The quantitative estimate of drug-likeness (QED) is 0.579. The van der Waals surface area contributed by atoms with E-state index in [0.29, 0.717) is 19.1 Å². The van der Waals surface area contributed by atoms with E-state index in [1.54, 1.807) is 0 Å². The minimum atomic E-state index is 0.0607. The average molecular weight is 361 g/mol. The molecule has 0 spiro atoms. The van der Waals surface area contributed by atoms with Gasteiger partial charge in [0.25, 0.3) is 0 Å². The Morgan fingerprint density at radius 3 is 2.73 bits per heavy atom. The third kappa shape index (κ3) is 6.33. The van der Waals surface area contributed by atoms with Crippen molar-refractivity contribution in [1.29, 1.82) is 0 Å². The molecule has 0 saturated carbocycles. The summed E-state index contributed by atoms with van der Waals surface area (Å²) in [5, 5.41) is 6.37. The van der Waals surface area contributed by atoms with Crippen LogP contribution >= 0.6 is 0 Å². The summed E-state index contributed by atoms with van der Waals surface area (Å²) in [7, 11) is 1.82. The van der Waals surface area contributed by atoms with Crippen molar-refractivity contribution in [2.75, 3.05) is 32.1 Å². The fourth-order valence-corrected chi connectivity index (χ4v) is 3.19. The summed E-state index contributed by atoms with van der Waals surface area (Å²) in [6.07, 6.45) is 3.84. The highest BCUT2D eigenvalue weighted by atomic mass is 16.5. The number of likely N-dealkylation sites (tertiary alicyclic amines) is 1. The molecule has 2 N–H and O–H groups in total. The minimum Gasteiger partial charge on any atom is -0.378 e. The number of aliphatic imine (C=N–C) groups is 1. The Kier molecular flexibility index (Phi) is 8.41. The van der Waals surface area contributed by atoms with Gasteiger partial charge in [0.05, 0.1) is 6.10 Å². The normalized spacial score (nSPS) is 15.8. The number of carbonyl (C=O) groups is 1. The molecule has 26 heavy (non-hydrogen) atoms. The second kappa shape index (κ2) is 10.8. The maximum absolute atomic E-state index is 11.8. The topological polar surface area (TPSA) is 66.0 Å². The Balaban J connectivity index is 1.86. The molecular formula is C20H32N4O2. The molecule has 1 aliphatic heterocycles. The number of carbonyl (C=O) groups excluding carboxylic acids is 1. The highest BCUT2D eigenvalue weighted by Crippen LogP contribution is 2.15. The van der Waals surface area contributed by atoms with E-state index in [9.17, 15) is 4.79 Å². The molecule has 1 fully saturated rings. The van der Waals surface area contributed by atoms with Crippen LogP contribution in [0.5, 0.6) is 0 Å². The number of hydrogen-bond donors (Lipinski definition) is 2. The van der Waals surface area contributed by atoms with Crippen molar-refractivity contribution >= 4 is 17.6 Å². The second-order valence-corrected chi connectivity index (χ2v) is 6.54. The Morgan fingerprint density at radius 2 is 2.08 bits per heavy atom. The van der Waals surface area contributed by atoms with Crippen LogP contribution in [0.2, 0.25) is 0 Å². The van der Waals surface area contributed by atoms with Gasteiger partial charge in [0.15, 0.2) is 5.96 Å². The lowest BCUT2D eigenvalue weighted by molar-refractivity contribution is -0.116. The zero-order valence-corrected chi connectivity index (χ0v) is 16.3. The van der Waals surface area contributed by atoms with Crippen LogP contribution in [0.4, 0.5) is 5.69 Å². The molecule has 6 heteroatoms. The lowest BCUT2D eigenvalue weighted by atomic mass is 10.1. The number of anilines is 1. The lowest BCUT2D eigenvalue weighted by Gasteiger charge is -2.34. The van der Waals surface area contributed by atoms with Crippen molar-refractivity contribution in [1.82, 2.24) is 10.2 Å². The summed E-state index contributed by atoms with van der Waals surface area (Å²) in [6, 6.07) is 7.95. The summed E-state index contributed by atoms with van der Waals surface area (Å²) < 4.78 is 5.71. The van der Waals surface area contributed by atoms with E-state index < -0.39 is 0 Å². The fourth-order valence-electron chi connectivity index (χ4n) is 3.19. The number of nitrogens with zero attached hydrogens (tertiary/aromatic N) is 2. The van der Waals surface area contributed by atoms with Crippen molar-refractivity contribution in [3.63, 3.8) is 0 Å². The second-order valence-electron chi connectivity index (χ2n) is 6.54. The monoisotopic (exact) mass is 360 g/mol. The predicted octanol–water partition coefficient (Wildman–Crippen LogP) is 3.00. The number of guanidine groups is 1. The van der Waals surface area contributed by atoms with E-state index in [4.69, 9.17) is 4.74 Å². The number of rotatable bonds is 7. The van der Waals surface area contributed by atoms with Gasteiger partial charge in [-0.1, -0.05) is 19.1 Å². The van der Waals surface area contributed by atoms with E-state index >= 15 is 0 Å². The zero-order chi connectivity index (χ0) is 18.8. The van der Waals surface area contributed by atoms with E-state index in [2.05, 4.69) is 26.6 Å². The third-order valence-electron chi connectivity index (χ3n) is 4.49. The molecule has 0 aliphatic carbocycles. The van der Waals surface area contributed by atoms with Crippen LogP contribution in [-0.4, -0.2) is 49.6 Å². The first-order valence-electron chi connectivity index (χ1n) is 9.62. The minimum absolute atomic E-state index is 0.0607. The average Bonchev–Trinajstić information content (AvgIpc) is 2.64. The van der Waals surface area contributed by atoms with Crippen molar-refractivity contribution in [3.8, 4) is 0 Å². The fraction of sp³-hybridized carbons (Fsp3) is 0.600. The Bertz CT molecular complexity index is 595. The molecule has 1 aromatic carbocycles. The van der Waals surface area contributed by atoms with Crippen LogP contribution in [0.25, 0.3) is 0 Å². The molecule has 1 aliphatic rings. The van der Waals surface area contributed by atoms with E-state index in [1.165, 1.54) is 0 Å². The van der Waals surface area contributed by atoms with Gasteiger partial charge in [-0.2, -0.15) is 0 Å². The van der Waals surface area contributed by atoms with Crippen molar-refractivity contribution < 1.29 is 9.53 Å². The molecule has 0 radical (unpaired) electrons. The number of piperidine rings is 1. The molecule has 1 saturated heterocycles. The van der Waals surface area contributed by atoms with Crippen LogP contribution in [0, 0.1) is 0 Å². The van der Waals surface area contributed by atoms with Gasteiger partial charge in [-0.05, 0) is 43.9 Å². The number of benzene rings is 1. The third-order valence-corrected chi connectivity index (χ3v) is 4.49. The molecule has 0 unspecified atom stereocenters. The maximum atomic E-state index is 11.8. The van der Waals surface area contributed by atoms with Gasteiger partial charge in [0, 0.05) is 45.4 Å². The smallest absolute Gasteiger partial charge is 0.224 e. The molecule has 1 amide bonds. The van der Waals surface area contributed by atoms with Gasteiger partial charge in [-0.3, -0.25) is 9.79 Å². The summed E-state index contributed by atoms with van der Waals surface area (Å²) in [5.41, 5.74) is 1.96. The summed E-state index contributed by atoms with van der Waals surface area (Å²) >= 11 is 0. The van der Waals surface area contributed by atoms with Crippen molar-refractivity contribution in [2.24, 2.45) is 4.99 Å². The first kappa shape index (κ1) is 20.2. The Morgan fingerprint density at radius 1 is 1.31 bits per heavy atom. The van der Waals surface area contributed by atoms with E-state index in [1.807, 2.05) is 39.1 Å². The number of amides is 1. The standard InChI is InChI=1S/C20H32N4O2/c1-4-7-19(25)23-17-9-6-8-16(14-17)15-22-20(21-3)24-12-10-18(11-13-24)26-5-2/h6,8-9,14,18H,4-5,7,10-13,15H2,1-3H3,(H,21,22)(H,23,25). The summed E-state index contributed by atoms with van der Waals surface area (Å²) in [6.45, 7) is 7.42.